The Kier molecular flexibility index (Phi) is 4.57. The molecule has 1 fully saturated rings. The van der Waals surface area contributed by atoms with Crippen LogP contribution in [0.4, 0.5) is 0 Å². The quantitative estimate of drug-likeness (QED) is 0.920. The standard InChI is InChI=1S/C16H28N2O2/c1-15(2,3)17-10-13-6-8-19-14(13)11-18-7-9-20-16(4,5)12-18/h6,8,17H,7,9-12H2,1-5H3. The molecule has 4 nitrogen and oxygen atoms in total. The van der Waals surface area contributed by atoms with E-state index in [-0.39, 0.29) is 11.1 Å². The number of furan rings is 1. The van der Waals surface area contributed by atoms with Crippen LogP contribution >= 0.6 is 0 Å². The minimum Gasteiger partial charge on any atom is -0.468 e. The van der Waals surface area contributed by atoms with Gasteiger partial charge in [0.25, 0.3) is 0 Å². The Bertz CT molecular complexity index is 432. The molecule has 1 aliphatic rings. The maximum atomic E-state index is 5.75. The van der Waals surface area contributed by atoms with E-state index < -0.39 is 0 Å². The average Bonchev–Trinajstić information content (AvgIpc) is 2.71. The fourth-order valence-electron chi connectivity index (χ4n) is 2.48. The van der Waals surface area contributed by atoms with Gasteiger partial charge in [-0.2, -0.15) is 0 Å². The van der Waals surface area contributed by atoms with Gasteiger partial charge >= 0.3 is 0 Å². The van der Waals surface area contributed by atoms with E-state index in [2.05, 4.69) is 50.9 Å². The van der Waals surface area contributed by atoms with E-state index in [1.54, 1.807) is 6.26 Å². The number of ether oxygens (including phenoxy) is 1. The van der Waals surface area contributed by atoms with Gasteiger partial charge in [-0.3, -0.25) is 4.90 Å². The molecule has 0 spiro atoms. The molecule has 0 radical (unpaired) electrons. The number of morpholine rings is 1. The Morgan fingerprint density at radius 3 is 2.75 bits per heavy atom. The van der Waals surface area contributed by atoms with Crippen molar-refractivity contribution >= 4 is 0 Å². The summed E-state index contributed by atoms with van der Waals surface area (Å²) in [7, 11) is 0. The van der Waals surface area contributed by atoms with E-state index in [1.807, 2.05) is 0 Å². The highest BCUT2D eigenvalue weighted by Crippen LogP contribution is 2.20. The van der Waals surface area contributed by atoms with Crippen molar-refractivity contribution < 1.29 is 9.15 Å². The molecule has 2 rings (SSSR count). The van der Waals surface area contributed by atoms with Crippen LogP contribution in [0.25, 0.3) is 0 Å². The van der Waals surface area contributed by atoms with Crippen LogP contribution in [0.5, 0.6) is 0 Å². The highest BCUT2D eigenvalue weighted by Gasteiger charge is 2.28. The van der Waals surface area contributed by atoms with Crippen LogP contribution in [-0.4, -0.2) is 35.7 Å². The number of nitrogens with one attached hydrogen (secondary N) is 1. The zero-order valence-electron chi connectivity index (χ0n) is 13.5. The lowest BCUT2D eigenvalue weighted by molar-refractivity contribution is -0.0895. The number of nitrogens with zero attached hydrogens (tertiary/aromatic N) is 1. The summed E-state index contributed by atoms with van der Waals surface area (Å²) >= 11 is 0. The van der Waals surface area contributed by atoms with E-state index in [0.717, 1.165) is 38.5 Å². The molecule has 0 bridgehead atoms. The summed E-state index contributed by atoms with van der Waals surface area (Å²) < 4.78 is 11.4. The fraction of sp³-hybridized carbons (Fsp3) is 0.750. The first-order chi connectivity index (χ1) is 9.25. The average molecular weight is 280 g/mol. The lowest BCUT2D eigenvalue weighted by atomic mass is 10.1. The van der Waals surface area contributed by atoms with Gasteiger partial charge in [0, 0.05) is 30.7 Å². The summed E-state index contributed by atoms with van der Waals surface area (Å²) in [6.07, 6.45) is 1.79. The Labute approximate surface area is 122 Å². The first-order valence-electron chi connectivity index (χ1n) is 7.42. The summed E-state index contributed by atoms with van der Waals surface area (Å²) in [6, 6.07) is 2.07. The summed E-state index contributed by atoms with van der Waals surface area (Å²) in [5, 5.41) is 3.51. The predicted molar refractivity (Wildman–Crippen MR) is 80.6 cm³/mol. The van der Waals surface area contributed by atoms with Crippen molar-refractivity contribution in [2.45, 2.75) is 58.8 Å². The molecule has 0 aromatic carbocycles. The normalized spacial score (nSPS) is 20.2. The molecule has 1 aliphatic heterocycles. The van der Waals surface area contributed by atoms with Crippen LogP contribution in [0.1, 0.15) is 45.9 Å². The molecular formula is C16H28N2O2. The second-order valence-corrected chi connectivity index (χ2v) is 7.29. The molecule has 20 heavy (non-hydrogen) atoms. The third-order valence-corrected chi connectivity index (χ3v) is 3.52. The van der Waals surface area contributed by atoms with E-state index >= 15 is 0 Å². The molecule has 0 unspecified atom stereocenters. The minimum atomic E-state index is -0.0608. The van der Waals surface area contributed by atoms with E-state index in [9.17, 15) is 0 Å². The van der Waals surface area contributed by atoms with Crippen LogP contribution in [-0.2, 0) is 17.8 Å². The van der Waals surface area contributed by atoms with Gasteiger partial charge in [0.15, 0.2) is 0 Å². The fourth-order valence-corrected chi connectivity index (χ4v) is 2.48. The van der Waals surface area contributed by atoms with Gasteiger partial charge in [-0.1, -0.05) is 0 Å². The summed E-state index contributed by atoms with van der Waals surface area (Å²) in [6.45, 7) is 15.2. The topological polar surface area (TPSA) is 37.6 Å². The third-order valence-electron chi connectivity index (χ3n) is 3.52. The first-order valence-corrected chi connectivity index (χ1v) is 7.42. The van der Waals surface area contributed by atoms with E-state index in [4.69, 9.17) is 9.15 Å². The molecule has 0 amide bonds. The predicted octanol–water partition coefficient (Wildman–Crippen LogP) is 2.78. The van der Waals surface area contributed by atoms with Gasteiger partial charge in [0.05, 0.1) is 25.0 Å². The van der Waals surface area contributed by atoms with Gasteiger partial charge < -0.3 is 14.5 Å². The molecule has 0 atom stereocenters. The van der Waals surface area contributed by atoms with E-state index in [0.29, 0.717) is 0 Å². The SMILES string of the molecule is CC(C)(C)NCc1ccoc1CN1CCOC(C)(C)C1. The van der Waals surface area contributed by atoms with Crippen LogP contribution < -0.4 is 5.32 Å². The largest absolute Gasteiger partial charge is 0.468 e. The molecule has 0 aliphatic carbocycles. The Hall–Kier alpha value is -0.840. The maximum absolute atomic E-state index is 5.75. The zero-order chi connectivity index (χ0) is 14.8. The Morgan fingerprint density at radius 1 is 1.35 bits per heavy atom. The molecule has 1 aromatic rings. The Balaban J connectivity index is 1.95. The first kappa shape index (κ1) is 15.5. The highest BCUT2D eigenvalue weighted by molar-refractivity contribution is 5.17. The summed E-state index contributed by atoms with van der Waals surface area (Å²) in [4.78, 5) is 2.41. The van der Waals surface area contributed by atoms with Gasteiger partial charge in [0.2, 0.25) is 0 Å². The highest BCUT2D eigenvalue weighted by atomic mass is 16.5. The van der Waals surface area contributed by atoms with Crippen molar-refractivity contribution in [3.63, 3.8) is 0 Å². The summed E-state index contributed by atoms with van der Waals surface area (Å²) in [5.41, 5.74) is 1.31. The zero-order valence-corrected chi connectivity index (χ0v) is 13.5. The number of rotatable bonds is 4. The molecule has 1 saturated heterocycles. The van der Waals surface area contributed by atoms with E-state index in [1.165, 1.54) is 5.56 Å². The second-order valence-electron chi connectivity index (χ2n) is 7.29. The molecule has 1 aromatic heterocycles. The smallest absolute Gasteiger partial charge is 0.122 e. The van der Waals surface area contributed by atoms with Gasteiger partial charge in [0.1, 0.15) is 5.76 Å². The lowest BCUT2D eigenvalue weighted by Gasteiger charge is -2.37. The maximum Gasteiger partial charge on any atom is 0.122 e. The molecule has 0 saturated carbocycles. The third kappa shape index (κ3) is 4.62. The van der Waals surface area contributed by atoms with Gasteiger partial charge in [-0.05, 0) is 40.7 Å². The van der Waals surface area contributed by atoms with Crippen LogP contribution in [0.3, 0.4) is 0 Å². The van der Waals surface area contributed by atoms with Crippen molar-refractivity contribution in [3.8, 4) is 0 Å². The lowest BCUT2D eigenvalue weighted by Crippen LogP contribution is -2.47. The van der Waals surface area contributed by atoms with Gasteiger partial charge in [-0.25, -0.2) is 0 Å². The second kappa shape index (κ2) is 5.88. The molecule has 1 N–H and O–H groups in total. The van der Waals surface area contributed by atoms with Crippen LogP contribution in [0.2, 0.25) is 0 Å². The Morgan fingerprint density at radius 2 is 2.10 bits per heavy atom. The van der Waals surface area contributed by atoms with Crippen LogP contribution in [0.15, 0.2) is 16.7 Å². The van der Waals surface area contributed by atoms with Crippen molar-refractivity contribution in [2.75, 3.05) is 19.7 Å². The molecule has 4 heteroatoms. The van der Waals surface area contributed by atoms with Crippen LogP contribution in [0, 0.1) is 0 Å². The minimum absolute atomic E-state index is 0.0608. The monoisotopic (exact) mass is 280 g/mol. The van der Waals surface area contributed by atoms with Gasteiger partial charge in [-0.15, -0.1) is 0 Å². The summed E-state index contributed by atoms with van der Waals surface area (Å²) in [5.74, 6) is 1.07. The van der Waals surface area contributed by atoms with Crippen molar-refractivity contribution in [3.05, 3.63) is 23.7 Å². The molecule has 2 heterocycles. The molecular weight excluding hydrogens is 252 g/mol. The number of hydrogen-bond acceptors (Lipinski definition) is 4. The van der Waals surface area contributed by atoms with Crippen molar-refractivity contribution in [1.82, 2.24) is 10.2 Å². The van der Waals surface area contributed by atoms with Crippen molar-refractivity contribution in [2.24, 2.45) is 0 Å². The molecule has 114 valence electrons. The number of hydrogen-bond donors (Lipinski definition) is 1. The van der Waals surface area contributed by atoms with Crippen molar-refractivity contribution in [1.29, 1.82) is 0 Å².